The molecular weight excluding hydrogens is 246 g/mol. The summed E-state index contributed by atoms with van der Waals surface area (Å²) < 4.78 is 5.95. The van der Waals surface area contributed by atoms with E-state index in [0.29, 0.717) is 12.0 Å². The standard InChI is InChI=1S/C18H29NO/c1-4-12-20-18-11-6-5-9-17(18)16-10-7-8-15(16)13-19-14(2)3/h5-6,9,11,14-16,19H,4,7-8,10,12-13H2,1-3H3. The zero-order valence-electron chi connectivity index (χ0n) is 13.2. The van der Waals surface area contributed by atoms with Crippen molar-refractivity contribution in [1.29, 1.82) is 0 Å². The Morgan fingerprint density at radius 1 is 1.25 bits per heavy atom. The minimum Gasteiger partial charge on any atom is -0.493 e. The van der Waals surface area contributed by atoms with Crippen molar-refractivity contribution in [3.63, 3.8) is 0 Å². The molecule has 0 spiro atoms. The number of para-hydroxylation sites is 1. The number of benzene rings is 1. The van der Waals surface area contributed by atoms with E-state index in [1.54, 1.807) is 0 Å². The van der Waals surface area contributed by atoms with E-state index in [1.165, 1.54) is 24.8 Å². The molecular formula is C18H29NO. The van der Waals surface area contributed by atoms with Gasteiger partial charge >= 0.3 is 0 Å². The van der Waals surface area contributed by atoms with Gasteiger partial charge in [0, 0.05) is 6.04 Å². The fraction of sp³-hybridized carbons (Fsp3) is 0.667. The van der Waals surface area contributed by atoms with Crippen LogP contribution in [0.4, 0.5) is 0 Å². The van der Waals surface area contributed by atoms with Crippen molar-refractivity contribution in [3.8, 4) is 5.75 Å². The molecule has 2 unspecified atom stereocenters. The van der Waals surface area contributed by atoms with Gasteiger partial charge < -0.3 is 10.1 Å². The summed E-state index contributed by atoms with van der Waals surface area (Å²) in [7, 11) is 0. The van der Waals surface area contributed by atoms with Crippen LogP contribution >= 0.6 is 0 Å². The minimum absolute atomic E-state index is 0.572. The molecule has 0 bridgehead atoms. The first-order valence-corrected chi connectivity index (χ1v) is 8.17. The number of ether oxygens (including phenoxy) is 1. The van der Waals surface area contributed by atoms with Crippen LogP contribution in [-0.4, -0.2) is 19.2 Å². The molecule has 0 saturated heterocycles. The molecule has 2 nitrogen and oxygen atoms in total. The fourth-order valence-electron chi connectivity index (χ4n) is 3.21. The molecule has 1 saturated carbocycles. The minimum atomic E-state index is 0.572. The molecule has 0 amide bonds. The van der Waals surface area contributed by atoms with Crippen LogP contribution in [-0.2, 0) is 0 Å². The molecule has 0 radical (unpaired) electrons. The maximum atomic E-state index is 5.95. The van der Waals surface area contributed by atoms with Gasteiger partial charge in [-0.05, 0) is 49.3 Å². The van der Waals surface area contributed by atoms with Gasteiger partial charge in [0.05, 0.1) is 6.61 Å². The normalized spacial score (nSPS) is 22.4. The second kappa shape index (κ2) is 7.68. The Bertz CT molecular complexity index is 402. The predicted molar refractivity (Wildman–Crippen MR) is 85.4 cm³/mol. The van der Waals surface area contributed by atoms with Crippen LogP contribution < -0.4 is 10.1 Å². The topological polar surface area (TPSA) is 21.3 Å². The first-order chi connectivity index (χ1) is 9.72. The molecule has 1 N–H and O–H groups in total. The zero-order chi connectivity index (χ0) is 14.4. The van der Waals surface area contributed by atoms with E-state index in [1.807, 2.05) is 0 Å². The van der Waals surface area contributed by atoms with Crippen LogP contribution in [0.15, 0.2) is 24.3 Å². The van der Waals surface area contributed by atoms with Crippen molar-refractivity contribution < 1.29 is 4.74 Å². The summed E-state index contributed by atoms with van der Waals surface area (Å²) in [6.45, 7) is 8.56. The summed E-state index contributed by atoms with van der Waals surface area (Å²) in [5, 5.41) is 3.61. The Balaban J connectivity index is 2.08. The summed E-state index contributed by atoms with van der Waals surface area (Å²) in [4.78, 5) is 0. The molecule has 20 heavy (non-hydrogen) atoms. The third kappa shape index (κ3) is 3.99. The lowest BCUT2D eigenvalue weighted by Crippen LogP contribution is -2.30. The largest absolute Gasteiger partial charge is 0.493 e. The highest BCUT2D eigenvalue weighted by Crippen LogP contribution is 2.42. The highest BCUT2D eigenvalue weighted by molar-refractivity contribution is 5.37. The first kappa shape index (κ1) is 15.4. The van der Waals surface area contributed by atoms with Crippen molar-refractivity contribution in [2.75, 3.05) is 13.2 Å². The van der Waals surface area contributed by atoms with E-state index >= 15 is 0 Å². The summed E-state index contributed by atoms with van der Waals surface area (Å²) in [5.74, 6) is 2.52. The van der Waals surface area contributed by atoms with Gasteiger partial charge in [0.2, 0.25) is 0 Å². The van der Waals surface area contributed by atoms with Gasteiger partial charge in [-0.2, -0.15) is 0 Å². The number of rotatable bonds is 7. The van der Waals surface area contributed by atoms with Crippen molar-refractivity contribution >= 4 is 0 Å². The molecule has 112 valence electrons. The Hall–Kier alpha value is -1.02. The third-order valence-electron chi connectivity index (χ3n) is 4.23. The summed E-state index contributed by atoms with van der Waals surface area (Å²) >= 11 is 0. The zero-order valence-corrected chi connectivity index (χ0v) is 13.2. The Morgan fingerprint density at radius 2 is 2.05 bits per heavy atom. The molecule has 1 aromatic rings. The summed E-state index contributed by atoms with van der Waals surface area (Å²) in [6, 6.07) is 9.21. The third-order valence-corrected chi connectivity index (χ3v) is 4.23. The summed E-state index contributed by atoms with van der Waals surface area (Å²) in [5.41, 5.74) is 1.43. The van der Waals surface area contributed by atoms with Crippen LogP contribution in [0.5, 0.6) is 5.75 Å². The van der Waals surface area contributed by atoms with Crippen LogP contribution in [0.1, 0.15) is 57.9 Å². The molecule has 2 rings (SSSR count). The molecule has 2 heteroatoms. The molecule has 0 aromatic heterocycles. The quantitative estimate of drug-likeness (QED) is 0.798. The lowest BCUT2D eigenvalue weighted by atomic mass is 9.88. The average molecular weight is 275 g/mol. The van der Waals surface area contributed by atoms with E-state index < -0.39 is 0 Å². The van der Waals surface area contributed by atoms with Gasteiger partial charge in [0.25, 0.3) is 0 Å². The van der Waals surface area contributed by atoms with Crippen LogP contribution in [0.3, 0.4) is 0 Å². The van der Waals surface area contributed by atoms with Crippen molar-refractivity contribution in [2.24, 2.45) is 5.92 Å². The van der Waals surface area contributed by atoms with Crippen molar-refractivity contribution in [2.45, 2.75) is 58.4 Å². The molecule has 1 aromatic carbocycles. The molecule has 0 heterocycles. The van der Waals surface area contributed by atoms with E-state index in [0.717, 1.165) is 31.2 Å². The van der Waals surface area contributed by atoms with Crippen LogP contribution in [0.2, 0.25) is 0 Å². The van der Waals surface area contributed by atoms with Gasteiger partial charge in [0.1, 0.15) is 5.75 Å². The van der Waals surface area contributed by atoms with Crippen molar-refractivity contribution in [3.05, 3.63) is 29.8 Å². The second-order valence-electron chi connectivity index (χ2n) is 6.25. The van der Waals surface area contributed by atoms with E-state index in [9.17, 15) is 0 Å². The van der Waals surface area contributed by atoms with E-state index in [4.69, 9.17) is 4.74 Å². The fourth-order valence-corrected chi connectivity index (χ4v) is 3.21. The predicted octanol–water partition coefficient (Wildman–Crippen LogP) is 4.36. The van der Waals surface area contributed by atoms with Crippen LogP contribution in [0, 0.1) is 5.92 Å². The van der Waals surface area contributed by atoms with Gasteiger partial charge in [-0.15, -0.1) is 0 Å². The second-order valence-corrected chi connectivity index (χ2v) is 6.25. The molecule has 1 fully saturated rings. The van der Waals surface area contributed by atoms with Gasteiger partial charge in [-0.1, -0.05) is 45.4 Å². The Morgan fingerprint density at radius 3 is 2.80 bits per heavy atom. The van der Waals surface area contributed by atoms with Crippen LogP contribution in [0.25, 0.3) is 0 Å². The highest BCUT2D eigenvalue weighted by Gasteiger charge is 2.30. The van der Waals surface area contributed by atoms with E-state index in [-0.39, 0.29) is 0 Å². The SMILES string of the molecule is CCCOc1ccccc1C1CCCC1CNC(C)C. The smallest absolute Gasteiger partial charge is 0.122 e. The average Bonchev–Trinajstić information content (AvgIpc) is 2.91. The van der Waals surface area contributed by atoms with Crippen molar-refractivity contribution in [1.82, 2.24) is 5.32 Å². The van der Waals surface area contributed by atoms with Gasteiger partial charge in [-0.25, -0.2) is 0 Å². The first-order valence-electron chi connectivity index (χ1n) is 8.17. The Labute approximate surface area is 123 Å². The molecule has 1 aliphatic rings. The summed E-state index contributed by atoms with van der Waals surface area (Å²) in [6.07, 6.45) is 5.05. The van der Waals surface area contributed by atoms with Gasteiger partial charge in [0.15, 0.2) is 0 Å². The molecule has 1 aliphatic carbocycles. The molecule has 2 atom stereocenters. The lowest BCUT2D eigenvalue weighted by Gasteiger charge is -2.24. The lowest BCUT2D eigenvalue weighted by molar-refractivity contribution is 0.308. The molecule has 0 aliphatic heterocycles. The number of hydrogen-bond donors (Lipinski definition) is 1. The maximum absolute atomic E-state index is 5.95. The number of nitrogens with one attached hydrogen (secondary N) is 1. The monoisotopic (exact) mass is 275 g/mol. The Kier molecular flexibility index (Phi) is 5.90. The van der Waals surface area contributed by atoms with Gasteiger partial charge in [-0.3, -0.25) is 0 Å². The number of hydrogen-bond acceptors (Lipinski definition) is 2. The maximum Gasteiger partial charge on any atom is 0.122 e. The highest BCUT2D eigenvalue weighted by atomic mass is 16.5. The van der Waals surface area contributed by atoms with E-state index in [2.05, 4.69) is 50.4 Å².